The molecule has 0 radical (unpaired) electrons. The Labute approximate surface area is 161 Å². The van der Waals surface area contributed by atoms with Crippen molar-refractivity contribution in [1.29, 1.82) is 0 Å². The van der Waals surface area contributed by atoms with Gasteiger partial charge in [-0.2, -0.15) is 0 Å². The van der Waals surface area contributed by atoms with Gasteiger partial charge in [-0.05, 0) is 36.4 Å². The first kappa shape index (κ1) is 19.2. The molecule has 1 saturated heterocycles. The highest BCUT2D eigenvalue weighted by Gasteiger charge is 2.30. The molecule has 1 aliphatic heterocycles. The van der Waals surface area contributed by atoms with Crippen molar-refractivity contribution in [1.82, 2.24) is 0 Å². The number of hydrogen-bond acceptors (Lipinski definition) is 7. The molecule has 1 N–H and O–H groups in total. The number of esters is 2. The predicted molar refractivity (Wildman–Crippen MR) is 98.3 cm³/mol. The number of hydrogen-bond donors (Lipinski definition) is 1. The van der Waals surface area contributed by atoms with Crippen molar-refractivity contribution in [3.63, 3.8) is 0 Å². The molecular formula is C20H19NO7. The van der Waals surface area contributed by atoms with Crippen LogP contribution in [-0.4, -0.2) is 44.3 Å². The molecule has 3 rings (SSSR count). The second kappa shape index (κ2) is 8.90. The monoisotopic (exact) mass is 385 g/mol. The van der Waals surface area contributed by atoms with Gasteiger partial charge in [0, 0.05) is 18.2 Å². The van der Waals surface area contributed by atoms with Crippen LogP contribution < -0.4 is 14.8 Å². The molecule has 1 amide bonds. The first-order valence-corrected chi connectivity index (χ1v) is 8.59. The minimum atomic E-state index is -0.858. The van der Waals surface area contributed by atoms with Crippen LogP contribution in [0.2, 0.25) is 0 Å². The zero-order valence-corrected chi connectivity index (χ0v) is 15.2. The lowest BCUT2D eigenvalue weighted by Gasteiger charge is -2.10. The molecule has 8 heteroatoms. The highest BCUT2D eigenvalue weighted by atomic mass is 16.6. The Balaban J connectivity index is 1.49. The average Bonchev–Trinajstić information content (AvgIpc) is 3.11. The normalized spacial score (nSPS) is 15.5. The Hall–Kier alpha value is -3.55. The van der Waals surface area contributed by atoms with E-state index in [1.165, 1.54) is 12.1 Å². The zero-order chi connectivity index (χ0) is 19.9. The maximum absolute atomic E-state index is 12.0. The van der Waals surface area contributed by atoms with Crippen molar-refractivity contribution < 1.29 is 33.3 Å². The van der Waals surface area contributed by atoms with E-state index in [1.807, 2.05) is 0 Å². The van der Waals surface area contributed by atoms with E-state index in [0.29, 0.717) is 23.6 Å². The molecule has 1 heterocycles. The highest BCUT2D eigenvalue weighted by molar-refractivity contribution is 5.92. The summed E-state index contributed by atoms with van der Waals surface area (Å²) in [7, 11) is 1.54. The number of anilines is 1. The summed E-state index contributed by atoms with van der Waals surface area (Å²) in [4.78, 5) is 35.4. The zero-order valence-electron chi connectivity index (χ0n) is 15.2. The van der Waals surface area contributed by atoms with E-state index in [1.54, 1.807) is 43.5 Å². The van der Waals surface area contributed by atoms with Gasteiger partial charge in [-0.25, -0.2) is 9.59 Å². The van der Waals surface area contributed by atoms with Gasteiger partial charge in [0.25, 0.3) is 5.91 Å². The van der Waals surface area contributed by atoms with Crippen LogP contribution in [0, 0.1) is 0 Å². The van der Waals surface area contributed by atoms with Crippen molar-refractivity contribution in [3.8, 4) is 11.5 Å². The van der Waals surface area contributed by atoms with Gasteiger partial charge in [0.05, 0.1) is 19.3 Å². The number of methoxy groups -OCH3 is 1. The van der Waals surface area contributed by atoms with Gasteiger partial charge in [0.1, 0.15) is 11.5 Å². The van der Waals surface area contributed by atoms with Crippen LogP contribution in [0.5, 0.6) is 11.5 Å². The number of benzene rings is 2. The van der Waals surface area contributed by atoms with Crippen molar-refractivity contribution >= 4 is 23.5 Å². The van der Waals surface area contributed by atoms with Gasteiger partial charge in [-0.3, -0.25) is 4.79 Å². The van der Waals surface area contributed by atoms with E-state index in [0.717, 1.165) is 0 Å². The van der Waals surface area contributed by atoms with Crippen LogP contribution in [0.15, 0.2) is 48.5 Å². The highest BCUT2D eigenvalue weighted by Crippen LogP contribution is 2.18. The van der Waals surface area contributed by atoms with E-state index >= 15 is 0 Å². The van der Waals surface area contributed by atoms with Gasteiger partial charge in [-0.15, -0.1) is 0 Å². The summed E-state index contributed by atoms with van der Waals surface area (Å²) in [6.45, 7) is 0.0519. The lowest BCUT2D eigenvalue weighted by atomic mass is 10.2. The number of ether oxygens (including phenoxy) is 4. The van der Waals surface area contributed by atoms with Crippen LogP contribution >= 0.6 is 0 Å². The molecule has 28 heavy (non-hydrogen) atoms. The maximum Gasteiger partial charge on any atom is 0.347 e. The third-order valence-corrected chi connectivity index (χ3v) is 3.95. The van der Waals surface area contributed by atoms with E-state index in [-0.39, 0.29) is 24.7 Å². The quantitative estimate of drug-likeness (QED) is 0.729. The number of cyclic esters (lactones) is 1. The molecule has 146 valence electrons. The average molecular weight is 385 g/mol. The number of rotatable bonds is 7. The van der Waals surface area contributed by atoms with Gasteiger partial charge >= 0.3 is 11.9 Å². The number of nitrogens with one attached hydrogen (secondary N) is 1. The minimum Gasteiger partial charge on any atom is -0.497 e. The van der Waals surface area contributed by atoms with Gasteiger partial charge in [0.15, 0.2) is 6.61 Å². The van der Waals surface area contributed by atoms with E-state index in [2.05, 4.69) is 5.32 Å². The summed E-state index contributed by atoms with van der Waals surface area (Å²) in [6, 6.07) is 13.0. The smallest absolute Gasteiger partial charge is 0.347 e. The number of amides is 1. The lowest BCUT2D eigenvalue weighted by Crippen LogP contribution is -2.22. The Morgan fingerprint density at radius 1 is 1.14 bits per heavy atom. The number of carbonyl (C=O) groups excluding carboxylic acids is 3. The van der Waals surface area contributed by atoms with Crippen molar-refractivity contribution in [2.24, 2.45) is 0 Å². The molecule has 0 saturated carbocycles. The number of carbonyl (C=O) groups is 3. The van der Waals surface area contributed by atoms with Crippen LogP contribution in [0.4, 0.5) is 5.69 Å². The van der Waals surface area contributed by atoms with E-state index in [9.17, 15) is 14.4 Å². The van der Waals surface area contributed by atoms with Crippen LogP contribution in [0.25, 0.3) is 0 Å². The third-order valence-electron chi connectivity index (χ3n) is 3.95. The molecule has 2 aromatic rings. The topological polar surface area (TPSA) is 100 Å². The standard InChI is InChI=1S/C20H19NO7/c1-25-16-4-2-3-14(11-16)21-18(22)12-27-15-7-5-13(6-8-15)19(23)28-17-9-10-26-20(17)24/h2-8,11,17H,9-10,12H2,1H3,(H,21,22). The summed E-state index contributed by atoms with van der Waals surface area (Å²) in [6.07, 6.45) is -0.502. The van der Waals surface area contributed by atoms with E-state index < -0.39 is 18.0 Å². The first-order chi connectivity index (χ1) is 13.5. The summed E-state index contributed by atoms with van der Waals surface area (Å²) in [5.41, 5.74) is 0.865. The molecule has 0 spiro atoms. The van der Waals surface area contributed by atoms with E-state index in [4.69, 9.17) is 18.9 Å². The Morgan fingerprint density at radius 3 is 2.61 bits per heavy atom. The molecule has 1 fully saturated rings. The third kappa shape index (κ3) is 5.00. The fourth-order valence-corrected chi connectivity index (χ4v) is 2.52. The molecular weight excluding hydrogens is 366 g/mol. The Bertz CT molecular complexity index is 863. The molecule has 0 bridgehead atoms. The van der Waals surface area contributed by atoms with Gasteiger partial charge in [0.2, 0.25) is 6.10 Å². The molecule has 2 aromatic carbocycles. The van der Waals surface area contributed by atoms with Crippen molar-refractivity contribution in [2.75, 3.05) is 25.6 Å². The summed E-state index contributed by atoms with van der Waals surface area (Å²) in [5, 5.41) is 2.70. The van der Waals surface area contributed by atoms with Crippen molar-refractivity contribution in [2.45, 2.75) is 12.5 Å². The second-order valence-corrected chi connectivity index (χ2v) is 5.94. The maximum atomic E-state index is 12.0. The van der Waals surface area contributed by atoms with Gasteiger partial charge in [-0.1, -0.05) is 6.07 Å². The molecule has 0 aliphatic carbocycles. The fourth-order valence-electron chi connectivity index (χ4n) is 2.52. The van der Waals surface area contributed by atoms with Crippen LogP contribution in [-0.2, 0) is 19.1 Å². The van der Waals surface area contributed by atoms with Crippen molar-refractivity contribution in [3.05, 3.63) is 54.1 Å². The summed E-state index contributed by atoms with van der Waals surface area (Å²) < 4.78 is 20.4. The molecule has 1 atom stereocenters. The molecule has 8 nitrogen and oxygen atoms in total. The summed E-state index contributed by atoms with van der Waals surface area (Å²) >= 11 is 0. The Kier molecular flexibility index (Phi) is 6.11. The lowest BCUT2D eigenvalue weighted by molar-refractivity contribution is -0.145. The minimum absolute atomic E-state index is 0.199. The molecule has 1 aliphatic rings. The van der Waals surface area contributed by atoms with Crippen LogP contribution in [0.3, 0.4) is 0 Å². The summed E-state index contributed by atoms with van der Waals surface area (Å²) in [5.74, 6) is -0.442. The predicted octanol–water partition coefficient (Wildman–Crippen LogP) is 2.18. The Morgan fingerprint density at radius 2 is 1.93 bits per heavy atom. The molecule has 0 aromatic heterocycles. The first-order valence-electron chi connectivity index (χ1n) is 8.59. The fraction of sp³-hybridized carbons (Fsp3) is 0.250. The SMILES string of the molecule is COc1cccc(NC(=O)COc2ccc(C(=O)OC3CCOC3=O)cc2)c1. The van der Waals surface area contributed by atoms with Gasteiger partial charge < -0.3 is 24.3 Å². The second-order valence-electron chi connectivity index (χ2n) is 5.94. The van der Waals surface area contributed by atoms with Crippen LogP contribution in [0.1, 0.15) is 16.8 Å². The molecule has 1 unspecified atom stereocenters. The largest absolute Gasteiger partial charge is 0.497 e.